The molecule has 1 heterocycles. The lowest BCUT2D eigenvalue weighted by Crippen LogP contribution is -2.31. The molecule has 2 aromatic carbocycles. The monoisotopic (exact) mass is 424 g/mol. The number of halogens is 1. The highest BCUT2D eigenvalue weighted by Gasteiger charge is 2.20. The van der Waals surface area contributed by atoms with Gasteiger partial charge in [-0.15, -0.1) is 0 Å². The zero-order valence-electron chi connectivity index (χ0n) is 16.3. The molecular formula is C22H21ClN4O3. The molecule has 2 aromatic rings. The van der Waals surface area contributed by atoms with E-state index < -0.39 is 10.8 Å². The number of benzene rings is 2. The number of carbonyl (C=O) groups excluding carboxylic acids is 1. The minimum Gasteiger partial charge on any atom is -0.376 e. The Balaban J connectivity index is 1.61. The summed E-state index contributed by atoms with van der Waals surface area (Å²) in [5, 5.41) is 23.0. The average molecular weight is 425 g/mol. The van der Waals surface area contributed by atoms with Crippen LogP contribution < -0.4 is 5.32 Å². The Hall–Kier alpha value is -3.37. The second kappa shape index (κ2) is 9.90. The van der Waals surface area contributed by atoms with Crippen molar-refractivity contribution in [2.75, 3.05) is 18.4 Å². The molecule has 1 fully saturated rings. The topological polar surface area (TPSA) is 99.3 Å². The van der Waals surface area contributed by atoms with Crippen molar-refractivity contribution >= 4 is 28.9 Å². The number of amides is 1. The van der Waals surface area contributed by atoms with Crippen LogP contribution in [0.1, 0.15) is 18.4 Å². The Bertz CT molecular complexity index is 993. The van der Waals surface area contributed by atoms with Crippen molar-refractivity contribution in [2.45, 2.75) is 19.3 Å². The Labute approximate surface area is 179 Å². The summed E-state index contributed by atoms with van der Waals surface area (Å²) >= 11 is 6.02. The summed E-state index contributed by atoms with van der Waals surface area (Å²) in [5.41, 5.74) is 1.15. The largest absolute Gasteiger partial charge is 0.376 e. The van der Waals surface area contributed by atoms with E-state index in [9.17, 15) is 20.2 Å². The molecule has 0 aliphatic carbocycles. The quantitative estimate of drug-likeness (QED) is 0.317. The number of rotatable bonds is 6. The standard InChI is InChI=1S/C22H21ClN4O3/c23-20-7-6-19(27(29)30)13-21(20)25-22(28)18(14-24)15-26-10-8-17(9-11-26)12-16-4-2-1-3-5-16/h1-7,13,15,17H,8-12H2,(H,25,28)/b18-15-. The van der Waals surface area contributed by atoms with Crippen molar-refractivity contribution in [3.05, 3.63) is 81.0 Å². The molecule has 1 aliphatic rings. The van der Waals surface area contributed by atoms with Gasteiger partial charge >= 0.3 is 0 Å². The molecule has 1 N–H and O–H groups in total. The highest BCUT2D eigenvalue weighted by molar-refractivity contribution is 6.34. The van der Waals surface area contributed by atoms with Crippen molar-refractivity contribution in [1.29, 1.82) is 5.26 Å². The molecule has 0 bridgehead atoms. The van der Waals surface area contributed by atoms with Gasteiger partial charge in [0.05, 0.1) is 15.6 Å². The third-order valence-corrected chi connectivity index (χ3v) is 5.43. The Morgan fingerprint density at radius 1 is 1.27 bits per heavy atom. The Morgan fingerprint density at radius 3 is 2.60 bits per heavy atom. The lowest BCUT2D eigenvalue weighted by Gasteiger charge is -2.31. The van der Waals surface area contributed by atoms with Crippen molar-refractivity contribution in [1.82, 2.24) is 4.90 Å². The highest BCUT2D eigenvalue weighted by Crippen LogP contribution is 2.27. The van der Waals surface area contributed by atoms with Crippen molar-refractivity contribution in [2.24, 2.45) is 5.92 Å². The number of hydrogen-bond donors (Lipinski definition) is 1. The van der Waals surface area contributed by atoms with Crippen molar-refractivity contribution < 1.29 is 9.72 Å². The molecule has 0 radical (unpaired) electrons. The molecule has 0 saturated carbocycles. The van der Waals surface area contributed by atoms with Crippen LogP contribution in [0.5, 0.6) is 0 Å². The van der Waals surface area contributed by atoms with Gasteiger partial charge in [-0.25, -0.2) is 0 Å². The van der Waals surface area contributed by atoms with Crippen LogP contribution in [0.15, 0.2) is 60.3 Å². The second-order valence-corrected chi connectivity index (χ2v) is 7.61. The van der Waals surface area contributed by atoms with Crippen LogP contribution in [-0.2, 0) is 11.2 Å². The number of likely N-dealkylation sites (tertiary alicyclic amines) is 1. The molecule has 8 heteroatoms. The number of piperidine rings is 1. The molecule has 0 atom stereocenters. The first-order valence-corrected chi connectivity index (χ1v) is 9.99. The van der Waals surface area contributed by atoms with Gasteiger partial charge in [-0.1, -0.05) is 41.9 Å². The molecule has 30 heavy (non-hydrogen) atoms. The third-order valence-electron chi connectivity index (χ3n) is 5.10. The van der Waals surface area contributed by atoms with Gasteiger partial charge in [0.1, 0.15) is 11.6 Å². The number of anilines is 1. The summed E-state index contributed by atoms with van der Waals surface area (Å²) in [6.45, 7) is 1.51. The summed E-state index contributed by atoms with van der Waals surface area (Å²) in [4.78, 5) is 24.8. The predicted molar refractivity (Wildman–Crippen MR) is 115 cm³/mol. The zero-order valence-corrected chi connectivity index (χ0v) is 17.0. The van der Waals surface area contributed by atoms with Crippen LogP contribution in [0.2, 0.25) is 5.02 Å². The SMILES string of the molecule is N#C/C(=C/N1CCC(Cc2ccccc2)CC1)C(=O)Nc1cc([N+](=O)[O-])ccc1Cl. The smallest absolute Gasteiger partial charge is 0.271 e. The Morgan fingerprint density at radius 2 is 1.97 bits per heavy atom. The number of nitro benzene ring substituents is 1. The molecule has 3 rings (SSSR count). The molecule has 0 aromatic heterocycles. The summed E-state index contributed by atoms with van der Waals surface area (Å²) in [5.74, 6) is -0.0774. The molecule has 7 nitrogen and oxygen atoms in total. The van der Waals surface area contributed by atoms with E-state index in [4.69, 9.17) is 11.6 Å². The lowest BCUT2D eigenvalue weighted by molar-refractivity contribution is -0.384. The van der Waals surface area contributed by atoms with Gasteiger partial charge in [-0.05, 0) is 36.8 Å². The number of nitrogens with zero attached hydrogens (tertiary/aromatic N) is 3. The van der Waals surface area contributed by atoms with E-state index in [0.717, 1.165) is 32.4 Å². The van der Waals surface area contributed by atoms with E-state index in [-0.39, 0.29) is 22.0 Å². The first-order valence-electron chi connectivity index (χ1n) is 9.61. The fourth-order valence-electron chi connectivity index (χ4n) is 3.47. The van der Waals surface area contributed by atoms with Crippen LogP contribution >= 0.6 is 11.6 Å². The molecule has 0 spiro atoms. The fourth-order valence-corrected chi connectivity index (χ4v) is 3.63. The minimum atomic E-state index is -0.647. The predicted octanol–water partition coefficient (Wildman–Crippen LogP) is 4.55. The van der Waals surface area contributed by atoms with E-state index >= 15 is 0 Å². The van der Waals surface area contributed by atoms with E-state index in [1.807, 2.05) is 29.2 Å². The number of nitrogens with one attached hydrogen (secondary N) is 1. The van der Waals surface area contributed by atoms with Gasteiger partial charge in [0.15, 0.2) is 0 Å². The van der Waals surface area contributed by atoms with Gasteiger partial charge in [-0.2, -0.15) is 5.26 Å². The molecule has 1 amide bonds. The van der Waals surface area contributed by atoms with E-state index in [0.29, 0.717) is 5.92 Å². The number of carbonyl (C=O) groups is 1. The van der Waals surface area contributed by atoms with Crippen LogP contribution in [0.25, 0.3) is 0 Å². The third kappa shape index (κ3) is 5.58. The summed E-state index contributed by atoms with van der Waals surface area (Å²) in [6, 6.07) is 16.0. The maximum atomic E-state index is 12.5. The van der Waals surface area contributed by atoms with Crippen LogP contribution in [0.3, 0.4) is 0 Å². The fraction of sp³-hybridized carbons (Fsp3) is 0.273. The van der Waals surface area contributed by atoms with Gasteiger partial charge in [-0.3, -0.25) is 14.9 Å². The first-order chi connectivity index (χ1) is 14.5. The lowest BCUT2D eigenvalue weighted by atomic mass is 9.90. The van der Waals surface area contributed by atoms with Gasteiger partial charge in [0.2, 0.25) is 0 Å². The van der Waals surface area contributed by atoms with Gasteiger partial charge in [0, 0.05) is 31.4 Å². The number of nitriles is 1. The second-order valence-electron chi connectivity index (χ2n) is 7.20. The molecule has 1 aliphatic heterocycles. The molecular weight excluding hydrogens is 404 g/mol. The van der Waals surface area contributed by atoms with Crippen LogP contribution in [0, 0.1) is 27.4 Å². The molecule has 0 unspecified atom stereocenters. The van der Waals surface area contributed by atoms with Crippen LogP contribution in [0.4, 0.5) is 11.4 Å². The zero-order chi connectivity index (χ0) is 21.5. The van der Waals surface area contributed by atoms with E-state index in [2.05, 4.69) is 17.4 Å². The maximum absolute atomic E-state index is 12.5. The first kappa shape index (κ1) is 21.3. The van der Waals surface area contributed by atoms with Gasteiger partial charge in [0.25, 0.3) is 11.6 Å². The van der Waals surface area contributed by atoms with Crippen LogP contribution in [-0.4, -0.2) is 28.8 Å². The summed E-state index contributed by atoms with van der Waals surface area (Å²) in [6.07, 6.45) is 4.53. The van der Waals surface area contributed by atoms with Crippen molar-refractivity contribution in [3.63, 3.8) is 0 Å². The summed E-state index contributed by atoms with van der Waals surface area (Å²) < 4.78 is 0. The summed E-state index contributed by atoms with van der Waals surface area (Å²) in [7, 11) is 0. The minimum absolute atomic E-state index is 0.0703. The van der Waals surface area contributed by atoms with Crippen molar-refractivity contribution in [3.8, 4) is 6.07 Å². The number of hydrogen-bond acceptors (Lipinski definition) is 5. The maximum Gasteiger partial charge on any atom is 0.271 e. The normalized spacial score (nSPS) is 14.8. The molecule has 1 saturated heterocycles. The Kier molecular flexibility index (Phi) is 7.04. The van der Waals surface area contributed by atoms with E-state index in [1.54, 1.807) is 6.20 Å². The van der Waals surface area contributed by atoms with E-state index in [1.165, 1.54) is 23.8 Å². The average Bonchev–Trinajstić information content (AvgIpc) is 2.75. The number of non-ortho nitro benzene ring substituents is 1. The molecule has 154 valence electrons. The number of nitro groups is 1. The van der Waals surface area contributed by atoms with Gasteiger partial charge < -0.3 is 10.2 Å². The highest BCUT2D eigenvalue weighted by atomic mass is 35.5.